The lowest BCUT2D eigenvalue weighted by molar-refractivity contribution is -0.137. The first-order valence-electron chi connectivity index (χ1n) is 13.1. The zero-order valence-electron chi connectivity index (χ0n) is 21.9. The van der Waals surface area contributed by atoms with E-state index in [1.54, 1.807) is 18.1 Å². The SMILES string of the molecule is COc1cc(C=CCNC(=O)OCC2c3ccccc3-c3ccccc32)ccc1OCC(=O)N1CCOCC1. The van der Waals surface area contributed by atoms with E-state index in [0.717, 1.165) is 5.56 Å². The maximum Gasteiger partial charge on any atom is 0.407 e. The molecule has 39 heavy (non-hydrogen) atoms. The van der Waals surface area contributed by atoms with Crippen molar-refractivity contribution in [3.05, 3.63) is 89.5 Å². The number of carbonyl (C=O) groups excluding carboxylic acids is 2. The number of amides is 2. The van der Waals surface area contributed by atoms with Gasteiger partial charge < -0.3 is 29.2 Å². The van der Waals surface area contributed by atoms with Crippen molar-refractivity contribution in [3.8, 4) is 22.6 Å². The Labute approximate surface area is 228 Å². The summed E-state index contributed by atoms with van der Waals surface area (Å²) in [6.07, 6.45) is 3.24. The van der Waals surface area contributed by atoms with E-state index in [1.807, 2.05) is 48.6 Å². The van der Waals surface area contributed by atoms with Crippen LogP contribution in [0.5, 0.6) is 11.5 Å². The number of methoxy groups -OCH3 is 1. The third kappa shape index (κ3) is 6.23. The number of nitrogens with one attached hydrogen (secondary N) is 1. The molecule has 202 valence electrons. The van der Waals surface area contributed by atoms with E-state index in [4.69, 9.17) is 18.9 Å². The first kappa shape index (κ1) is 26.3. The average molecular weight is 529 g/mol. The molecule has 1 aliphatic carbocycles. The highest BCUT2D eigenvalue weighted by atomic mass is 16.5. The molecule has 8 heteroatoms. The summed E-state index contributed by atoms with van der Waals surface area (Å²) in [5, 5.41) is 2.77. The van der Waals surface area contributed by atoms with E-state index in [1.165, 1.54) is 22.3 Å². The van der Waals surface area contributed by atoms with Gasteiger partial charge in [0, 0.05) is 25.6 Å². The number of carbonyl (C=O) groups is 2. The Morgan fingerprint density at radius 3 is 2.36 bits per heavy atom. The molecule has 8 nitrogen and oxygen atoms in total. The molecule has 2 aliphatic rings. The number of hydrogen-bond acceptors (Lipinski definition) is 6. The minimum absolute atomic E-state index is 0.0241. The smallest absolute Gasteiger partial charge is 0.407 e. The molecule has 0 saturated carbocycles. The maximum atomic E-state index is 12.4. The lowest BCUT2D eigenvalue weighted by Gasteiger charge is -2.26. The molecule has 1 aliphatic heterocycles. The van der Waals surface area contributed by atoms with Gasteiger partial charge in [-0.25, -0.2) is 4.79 Å². The Morgan fingerprint density at radius 1 is 0.974 bits per heavy atom. The van der Waals surface area contributed by atoms with Crippen LogP contribution in [-0.4, -0.2) is 70.1 Å². The molecule has 0 spiro atoms. The minimum Gasteiger partial charge on any atom is -0.493 e. The summed E-state index contributed by atoms with van der Waals surface area (Å²) in [6, 6.07) is 21.9. The zero-order valence-corrected chi connectivity index (χ0v) is 21.9. The van der Waals surface area contributed by atoms with E-state index >= 15 is 0 Å². The molecule has 1 heterocycles. The molecule has 1 N–H and O–H groups in total. The van der Waals surface area contributed by atoms with Crippen LogP contribution in [0.25, 0.3) is 17.2 Å². The van der Waals surface area contributed by atoms with Crippen molar-refractivity contribution in [1.29, 1.82) is 0 Å². The third-order valence-corrected chi connectivity index (χ3v) is 6.92. The second-order valence-corrected chi connectivity index (χ2v) is 9.30. The number of morpholine rings is 1. The van der Waals surface area contributed by atoms with Crippen molar-refractivity contribution in [2.45, 2.75) is 5.92 Å². The van der Waals surface area contributed by atoms with Crippen LogP contribution in [0.3, 0.4) is 0 Å². The van der Waals surface area contributed by atoms with Crippen LogP contribution >= 0.6 is 0 Å². The number of benzene rings is 3. The van der Waals surface area contributed by atoms with Gasteiger partial charge in [0.25, 0.3) is 5.91 Å². The van der Waals surface area contributed by atoms with Crippen LogP contribution in [0.1, 0.15) is 22.6 Å². The Morgan fingerprint density at radius 2 is 1.67 bits per heavy atom. The van der Waals surface area contributed by atoms with Gasteiger partial charge in [-0.05, 0) is 39.9 Å². The van der Waals surface area contributed by atoms with Gasteiger partial charge in [0.1, 0.15) is 6.61 Å². The van der Waals surface area contributed by atoms with Crippen LogP contribution < -0.4 is 14.8 Å². The van der Waals surface area contributed by atoms with Gasteiger partial charge in [-0.1, -0.05) is 66.7 Å². The summed E-state index contributed by atoms with van der Waals surface area (Å²) in [5.41, 5.74) is 5.62. The van der Waals surface area contributed by atoms with Crippen LogP contribution in [0.2, 0.25) is 0 Å². The molecular weight excluding hydrogens is 496 g/mol. The van der Waals surface area contributed by atoms with Crippen LogP contribution in [0.15, 0.2) is 72.8 Å². The van der Waals surface area contributed by atoms with Crippen LogP contribution in [0, 0.1) is 0 Å². The lowest BCUT2D eigenvalue weighted by Crippen LogP contribution is -2.43. The van der Waals surface area contributed by atoms with Gasteiger partial charge in [-0.3, -0.25) is 4.79 Å². The van der Waals surface area contributed by atoms with Crippen LogP contribution in [-0.2, 0) is 14.3 Å². The van der Waals surface area contributed by atoms with Gasteiger partial charge in [0.2, 0.25) is 0 Å². The van der Waals surface area contributed by atoms with Crippen molar-refractivity contribution in [2.24, 2.45) is 0 Å². The van der Waals surface area contributed by atoms with E-state index in [-0.39, 0.29) is 25.0 Å². The number of alkyl carbamates (subject to hydrolysis) is 1. The minimum atomic E-state index is -0.465. The second-order valence-electron chi connectivity index (χ2n) is 9.30. The highest BCUT2D eigenvalue weighted by Gasteiger charge is 2.29. The highest BCUT2D eigenvalue weighted by Crippen LogP contribution is 2.44. The van der Waals surface area contributed by atoms with Gasteiger partial charge in [0.15, 0.2) is 18.1 Å². The number of hydrogen-bond donors (Lipinski definition) is 1. The lowest BCUT2D eigenvalue weighted by atomic mass is 9.98. The van der Waals surface area contributed by atoms with E-state index < -0.39 is 6.09 Å². The largest absolute Gasteiger partial charge is 0.493 e. The van der Waals surface area contributed by atoms with Gasteiger partial charge in [-0.15, -0.1) is 0 Å². The summed E-state index contributed by atoms with van der Waals surface area (Å²) in [5.74, 6) is 0.962. The molecule has 2 amide bonds. The fourth-order valence-corrected chi connectivity index (χ4v) is 4.94. The van der Waals surface area contributed by atoms with Gasteiger partial charge >= 0.3 is 6.09 Å². The summed E-state index contributed by atoms with van der Waals surface area (Å²) >= 11 is 0. The van der Waals surface area contributed by atoms with Gasteiger partial charge in [-0.2, -0.15) is 0 Å². The fraction of sp³-hybridized carbons (Fsp3) is 0.290. The quantitative estimate of drug-likeness (QED) is 0.441. The monoisotopic (exact) mass is 528 g/mol. The average Bonchev–Trinajstić information content (AvgIpc) is 3.31. The summed E-state index contributed by atoms with van der Waals surface area (Å²) in [4.78, 5) is 26.5. The molecule has 0 bridgehead atoms. The van der Waals surface area contributed by atoms with E-state index in [2.05, 4.69) is 29.6 Å². The Balaban J connectivity index is 1.09. The molecule has 1 fully saturated rings. The first-order chi connectivity index (χ1) is 19.1. The Hall–Kier alpha value is -4.30. The summed E-state index contributed by atoms with van der Waals surface area (Å²) < 4.78 is 22.0. The van der Waals surface area contributed by atoms with Crippen molar-refractivity contribution >= 4 is 18.1 Å². The van der Waals surface area contributed by atoms with E-state index in [9.17, 15) is 9.59 Å². The number of nitrogens with zero attached hydrogens (tertiary/aromatic N) is 1. The van der Waals surface area contributed by atoms with Crippen molar-refractivity contribution in [3.63, 3.8) is 0 Å². The topological polar surface area (TPSA) is 86.3 Å². The van der Waals surface area contributed by atoms with Crippen molar-refractivity contribution in [1.82, 2.24) is 10.2 Å². The van der Waals surface area contributed by atoms with Gasteiger partial charge in [0.05, 0.1) is 20.3 Å². The standard InChI is InChI=1S/C31H32N2O6/c1-36-29-19-22(12-13-28(29)38-21-30(34)33-15-17-37-18-16-33)7-6-14-32-31(35)39-20-27-25-10-4-2-8-23(25)24-9-3-5-11-26(24)27/h2-13,19,27H,14-18,20-21H2,1H3,(H,32,35). The Bertz CT molecular complexity index is 1300. The molecule has 0 aromatic heterocycles. The molecule has 5 rings (SSSR count). The zero-order chi connectivity index (χ0) is 27.0. The molecule has 0 radical (unpaired) electrons. The molecule has 0 atom stereocenters. The third-order valence-electron chi connectivity index (χ3n) is 6.92. The Kier molecular flexibility index (Phi) is 8.43. The van der Waals surface area contributed by atoms with Crippen LogP contribution in [0.4, 0.5) is 4.79 Å². The maximum absolute atomic E-state index is 12.4. The summed E-state index contributed by atoms with van der Waals surface area (Å²) in [7, 11) is 1.55. The highest BCUT2D eigenvalue weighted by molar-refractivity contribution is 5.79. The molecule has 3 aromatic rings. The first-order valence-corrected chi connectivity index (χ1v) is 13.1. The number of rotatable bonds is 9. The fourth-order valence-electron chi connectivity index (χ4n) is 4.94. The predicted molar refractivity (Wildman–Crippen MR) is 148 cm³/mol. The predicted octanol–water partition coefficient (Wildman–Crippen LogP) is 4.48. The molecular formula is C31H32N2O6. The van der Waals surface area contributed by atoms with Crippen molar-refractivity contribution in [2.75, 3.05) is 53.2 Å². The summed E-state index contributed by atoms with van der Waals surface area (Å²) in [6.45, 7) is 2.77. The molecule has 1 saturated heterocycles. The number of ether oxygens (including phenoxy) is 4. The van der Waals surface area contributed by atoms with Crippen molar-refractivity contribution < 1.29 is 28.5 Å². The number of fused-ring (bicyclic) bond motifs is 3. The normalized spacial score (nSPS) is 14.5. The molecule has 0 unspecified atom stereocenters. The van der Waals surface area contributed by atoms with E-state index in [0.29, 0.717) is 44.3 Å². The molecule has 3 aromatic carbocycles. The second kappa shape index (κ2) is 12.5.